The van der Waals surface area contributed by atoms with Crippen molar-refractivity contribution < 1.29 is 4.79 Å². The largest absolute Gasteiger partial charge is 0.357 e. The first-order chi connectivity index (χ1) is 10.1. The number of nitrogens with zero attached hydrogens (tertiary/aromatic N) is 2. The molecule has 0 atom stereocenters. The van der Waals surface area contributed by atoms with Crippen molar-refractivity contribution in [3.8, 4) is 0 Å². The predicted octanol–water partition coefficient (Wildman–Crippen LogP) is 2.24. The summed E-state index contributed by atoms with van der Waals surface area (Å²) in [5.41, 5.74) is 0.676. The molecule has 0 saturated heterocycles. The fourth-order valence-corrected chi connectivity index (χ4v) is 1.61. The average Bonchev–Trinajstić information content (AvgIpc) is 2.45. The molecule has 0 aliphatic heterocycles. The molecule has 7 heteroatoms. The monoisotopic (exact) mass is 419 g/mol. The zero-order valence-corrected chi connectivity index (χ0v) is 15.8. The molecule has 6 nitrogen and oxygen atoms in total. The lowest BCUT2D eigenvalue weighted by molar-refractivity contribution is -0.114. The van der Waals surface area contributed by atoms with Gasteiger partial charge >= 0.3 is 0 Å². The summed E-state index contributed by atoms with van der Waals surface area (Å²) in [4.78, 5) is 20.0. The lowest BCUT2D eigenvalue weighted by atomic mass is 10.1. The van der Waals surface area contributed by atoms with Gasteiger partial charge in [0.25, 0.3) is 0 Å². The summed E-state index contributed by atoms with van der Waals surface area (Å²) in [5, 5.41) is 9.09. The summed E-state index contributed by atoms with van der Waals surface area (Å²) in [6.07, 6.45) is 4.33. The van der Waals surface area contributed by atoms with Crippen LogP contribution in [0.1, 0.15) is 27.2 Å². The smallest absolute Gasteiger partial charge is 0.246 e. The number of guanidine groups is 1. The Balaban J connectivity index is 0.00000441. The van der Waals surface area contributed by atoms with Gasteiger partial charge in [-0.1, -0.05) is 13.8 Å². The first kappa shape index (κ1) is 20.6. The third-order valence-electron chi connectivity index (χ3n) is 2.68. The second-order valence-electron chi connectivity index (χ2n) is 5.09. The number of hydrogen-bond acceptors (Lipinski definition) is 3. The van der Waals surface area contributed by atoms with Crippen LogP contribution >= 0.6 is 24.0 Å². The Morgan fingerprint density at radius 1 is 1.36 bits per heavy atom. The van der Waals surface area contributed by atoms with Crippen LogP contribution in [0.25, 0.3) is 0 Å². The van der Waals surface area contributed by atoms with Crippen molar-refractivity contribution in [2.24, 2.45) is 10.9 Å². The van der Waals surface area contributed by atoms with Gasteiger partial charge in [0.05, 0.1) is 11.9 Å². The molecule has 0 saturated carbocycles. The lowest BCUT2D eigenvalue weighted by Gasteiger charge is -2.12. The minimum Gasteiger partial charge on any atom is -0.357 e. The molecule has 1 aromatic heterocycles. The van der Waals surface area contributed by atoms with Crippen LogP contribution in [0.2, 0.25) is 0 Å². The van der Waals surface area contributed by atoms with E-state index in [1.807, 2.05) is 6.92 Å². The maximum atomic E-state index is 11.8. The summed E-state index contributed by atoms with van der Waals surface area (Å²) < 4.78 is 0. The first-order valence-corrected chi connectivity index (χ1v) is 7.34. The van der Waals surface area contributed by atoms with Crippen LogP contribution in [0.4, 0.5) is 5.69 Å². The van der Waals surface area contributed by atoms with Crippen LogP contribution in [-0.2, 0) is 4.79 Å². The Kier molecular flexibility index (Phi) is 11.4. The van der Waals surface area contributed by atoms with Crippen LogP contribution < -0.4 is 16.0 Å². The van der Waals surface area contributed by atoms with E-state index in [-0.39, 0.29) is 36.4 Å². The van der Waals surface area contributed by atoms with E-state index in [0.717, 1.165) is 19.5 Å². The SMILES string of the molecule is CCNC(=NCC(=O)Nc1cccnc1)NCCC(C)C.I. The third kappa shape index (κ3) is 9.54. The molecule has 0 bridgehead atoms. The minimum atomic E-state index is -0.163. The van der Waals surface area contributed by atoms with Crippen molar-refractivity contribution in [3.05, 3.63) is 24.5 Å². The first-order valence-electron chi connectivity index (χ1n) is 7.34. The lowest BCUT2D eigenvalue weighted by Crippen LogP contribution is -2.38. The van der Waals surface area contributed by atoms with E-state index in [2.05, 4.69) is 39.8 Å². The number of halogens is 1. The second-order valence-corrected chi connectivity index (χ2v) is 5.09. The maximum Gasteiger partial charge on any atom is 0.246 e. The molecule has 0 aliphatic rings. The van der Waals surface area contributed by atoms with Crippen LogP contribution in [-0.4, -0.2) is 36.5 Å². The van der Waals surface area contributed by atoms with Crippen LogP contribution in [0.5, 0.6) is 0 Å². The molecule has 1 rings (SSSR count). The molecule has 0 radical (unpaired) electrons. The number of carbonyl (C=O) groups is 1. The Hall–Kier alpha value is -1.38. The van der Waals surface area contributed by atoms with Crippen molar-refractivity contribution in [3.63, 3.8) is 0 Å². The van der Waals surface area contributed by atoms with E-state index in [9.17, 15) is 4.79 Å². The topological polar surface area (TPSA) is 78.4 Å². The second kappa shape index (κ2) is 12.2. The van der Waals surface area contributed by atoms with Crippen molar-refractivity contribution in [1.82, 2.24) is 15.6 Å². The number of aromatic nitrogens is 1. The molecule has 1 amide bonds. The van der Waals surface area contributed by atoms with Crippen LogP contribution in [0.3, 0.4) is 0 Å². The Morgan fingerprint density at radius 2 is 2.14 bits per heavy atom. The number of anilines is 1. The Labute approximate surface area is 149 Å². The van der Waals surface area contributed by atoms with Gasteiger partial charge in [-0.25, -0.2) is 4.99 Å². The quantitative estimate of drug-likeness (QED) is 0.360. The van der Waals surface area contributed by atoms with Crippen LogP contribution in [0.15, 0.2) is 29.5 Å². The zero-order valence-electron chi connectivity index (χ0n) is 13.4. The molecule has 1 aromatic rings. The number of pyridine rings is 1. The number of hydrogen-bond donors (Lipinski definition) is 3. The Bertz CT molecular complexity index is 451. The van der Waals surface area contributed by atoms with Gasteiger partial charge in [-0.15, -0.1) is 24.0 Å². The summed E-state index contributed by atoms with van der Waals surface area (Å²) in [6.45, 7) is 8.02. The number of amides is 1. The summed E-state index contributed by atoms with van der Waals surface area (Å²) in [5.74, 6) is 1.14. The molecule has 0 unspecified atom stereocenters. The third-order valence-corrected chi connectivity index (χ3v) is 2.68. The van der Waals surface area contributed by atoms with Crippen LogP contribution in [0, 0.1) is 5.92 Å². The van der Waals surface area contributed by atoms with Crippen molar-refractivity contribution in [2.75, 3.05) is 25.0 Å². The Morgan fingerprint density at radius 3 is 2.73 bits per heavy atom. The molecule has 0 spiro atoms. The highest BCUT2D eigenvalue weighted by molar-refractivity contribution is 14.0. The van der Waals surface area contributed by atoms with E-state index in [1.165, 1.54) is 0 Å². The summed E-state index contributed by atoms with van der Waals surface area (Å²) in [7, 11) is 0. The highest BCUT2D eigenvalue weighted by atomic mass is 127. The van der Waals surface area contributed by atoms with Crippen molar-refractivity contribution in [1.29, 1.82) is 0 Å². The molecular weight excluding hydrogens is 393 g/mol. The number of aliphatic imine (C=N–C) groups is 1. The average molecular weight is 419 g/mol. The normalized spacial score (nSPS) is 10.8. The molecule has 3 N–H and O–H groups in total. The highest BCUT2D eigenvalue weighted by Gasteiger charge is 2.03. The van der Waals surface area contributed by atoms with Crippen molar-refractivity contribution in [2.45, 2.75) is 27.2 Å². The van der Waals surface area contributed by atoms with Gasteiger partial charge in [0, 0.05) is 19.3 Å². The zero-order chi connectivity index (χ0) is 15.5. The molecule has 124 valence electrons. The molecule has 0 fully saturated rings. The fraction of sp³-hybridized carbons (Fsp3) is 0.533. The highest BCUT2D eigenvalue weighted by Crippen LogP contribution is 2.01. The number of rotatable bonds is 7. The van der Waals surface area contributed by atoms with Gasteiger partial charge in [0.2, 0.25) is 5.91 Å². The predicted molar refractivity (Wildman–Crippen MR) is 102 cm³/mol. The van der Waals surface area contributed by atoms with E-state index in [0.29, 0.717) is 17.6 Å². The summed E-state index contributed by atoms with van der Waals surface area (Å²) >= 11 is 0. The van der Waals surface area contributed by atoms with Gasteiger partial charge in [-0.05, 0) is 31.4 Å². The van der Waals surface area contributed by atoms with E-state index in [1.54, 1.807) is 24.5 Å². The van der Waals surface area contributed by atoms with Gasteiger partial charge < -0.3 is 16.0 Å². The van der Waals surface area contributed by atoms with Crippen molar-refractivity contribution >= 4 is 41.5 Å². The minimum absolute atomic E-state index is 0. The maximum absolute atomic E-state index is 11.8. The molecule has 0 aliphatic carbocycles. The van der Waals surface area contributed by atoms with Gasteiger partial charge in [-0.3, -0.25) is 9.78 Å². The summed E-state index contributed by atoms with van der Waals surface area (Å²) in [6, 6.07) is 3.57. The molecular formula is C15H26IN5O. The number of nitrogens with one attached hydrogen (secondary N) is 3. The molecule has 1 heterocycles. The van der Waals surface area contributed by atoms with Gasteiger partial charge in [-0.2, -0.15) is 0 Å². The standard InChI is InChI=1S/C15H25N5O.HI/c1-4-17-15(18-9-7-12(2)3)19-11-14(21)20-13-6-5-8-16-10-13;/h5-6,8,10,12H,4,7,9,11H2,1-3H3,(H,20,21)(H2,17,18,19);1H. The van der Waals surface area contributed by atoms with Gasteiger partial charge in [0.15, 0.2) is 5.96 Å². The van der Waals surface area contributed by atoms with E-state index in [4.69, 9.17) is 0 Å². The molecule has 0 aromatic carbocycles. The molecule has 22 heavy (non-hydrogen) atoms. The van der Waals surface area contributed by atoms with E-state index >= 15 is 0 Å². The number of carbonyl (C=O) groups excluding carboxylic acids is 1. The van der Waals surface area contributed by atoms with E-state index < -0.39 is 0 Å². The van der Waals surface area contributed by atoms with Gasteiger partial charge in [0.1, 0.15) is 6.54 Å². The fourth-order valence-electron chi connectivity index (χ4n) is 1.61.